The van der Waals surface area contributed by atoms with E-state index in [1.807, 2.05) is 12.1 Å². The number of nitro groups is 1. The van der Waals surface area contributed by atoms with Crippen molar-refractivity contribution in [1.29, 1.82) is 0 Å². The van der Waals surface area contributed by atoms with Gasteiger partial charge in [-0.2, -0.15) is 0 Å². The van der Waals surface area contributed by atoms with E-state index in [1.54, 1.807) is 36.5 Å². The number of hydrogen-bond donors (Lipinski definition) is 1. The van der Waals surface area contributed by atoms with E-state index in [0.717, 1.165) is 28.4 Å². The number of anilines is 2. The number of nitrogens with one attached hydrogen (secondary N) is 1. The lowest BCUT2D eigenvalue weighted by Gasteiger charge is -2.11. The summed E-state index contributed by atoms with van der Waals surface area (Å²) in [6, 6.07) is 10.2. The molecule has 1 aliphatic rings. The van der Waals surface area contributed by atoms with E-state index < -0.39 is 10.8 Å². The molecule has 27 heavy (non-hydrogen) atoms. The fourth-order valence-corrected chi connectivity index (χ4v) is 4.37. The number of nitrogens with zero attached hydrogens (tertiary/aromatic N) is 3. The molecule has 0 spiro atoms. The molecular weight excluding hydrogens is 364 g/mol. The van der Waals surface area contributed by atoms with Crippen LogP contribution in [0, 0.1) is 17.0 Å². The third kappa shape index (κ3) is 3.35. The molecular formula is C19H18N4O3S. The minimum absolute atomic E-state index is 0.0576. The van der Waals surface area contributed by atoms with Gasteiger partial charge < -0.3 is 10.2 Å². The predicted octanol–water partition coefficient (Wildman–Crippen LogP) is 4.37. The number of hydrogen-bond acceptors (Lipinski definition) is 6. The molecule has 8 heteroatoms. The lowest BCUT2D eigenvalue weighted by Crippen LogP contribution is -2.16. The normalized spacial score (nSPS) is 13.9. The third-order valence-corrected chi connectivity index (χ3v) is 5.76. The number of fused-ring (bicyclic) bond motifs is 1. The number of aryl methyl sites for hydroxylation is 1. The number of aromatic nitrogens is 1. The van der Waals surface area contributed by atoms with Gasteiger partial charge in [-0.1, -0.05) is 23.5 Å². The Labute approximate surface area is 159 Å². The minimum Gasteiger partial charge on any atom is -0.348 e. The molecule has 0 bridgehead atoms. The number of amides is 1. The molecule has 0 radical (unpaired) electrons. The third-order valence-electron chi connectivity index (χ3n) is 4.68. The summed E-state index contributed by atoms with van der Waals surface area (Å²) in [4.78, 5) is 30.3. The van der Waals surface area contributed by atoms with E-state index >= 15 is 0 Å². The van der Waals surface area contributed by atoms with Crippen LogP contribution in [0.4, 0.5) is 16.5 Å². The van der Waals surface area contributed by atoms with Gasteiger partial charge in [0.05, 0.1) is 15.1 Å². The zero-order valence-corrected chi connectivity index (χ0v) is 15.6. The molecule has 1 fully saturated rings. The number of carbonyl (C=O) groups is 1. The molecule has 1 amide bonds. The summed E-state index contributed by atoms with van der Waals surface area (Å²) in [5, 5.41) is 15.1. The van der Waals surface area contributed by atoms with Gasteiger partial charge in [-0.25, -0.2) is 4.98 Å². The van der Waals surface area contributed by atoms with E-state index in [2.05, 4.69) is 15.2 Å². The fraction of sp³-hybridized carbons (Fsp3) is 0.263. The Morgan fingerprint density at radius 1 is 1.26 bits per heavy atom. The topological polar surface area (TPSA) is 88.4 Å². The van der Waals surface area contributed by atoms with Gasteiger partial charge in [-0.15, -0.1) is 0 Å². The number of rotatable bonds is 4. The lowest BCUT2D eigenvalue weighted by atomic mass is 10.1. The van der Waals surface area contributed by atoms with Gasteiger partial charge in [0.2, 0.25) is 0 Å². The van der Waals surface area contributed by atoms with Crippen LogP contribution in [0.3, 0.4) is 0 Å². The van der Waals surface area contributed by atoms with Crippen molar-refractivity contribution >= 4 is 44.0 Å². The van der Waals surface area contributed by atoms with E-state index in [-0.39, 0.29) is 11.3 Å². The largest absolute Gasteiger partial charge is 0.348 e. The van der Waals surface area contributed by atoms with Crippen LogP contribution in [0.5, 0.6) is 0 Å². The predicted molar refractivity (Wildman–Crippen MR) is 107 cm³/mol. The molecule has 1 aromatic heterocycles. The average molecular weight is 382 g/mol. The number of carbonyl (C=O) groups excluding carboxylic acids is 1. The molecule has 3 aromatic rings. The van der Waals surface area contributed by atoms with E-state index in [0.29, 0.717) is 11.3 Å². The van der Waals surface area contributed by atoms with Gasteiger partial charge in [0.15, 0.2) is 5.13 Å². The van der Waals surface area contributed by atoms with Crippen LogP contribution in [-0.4, -0.2) is 28.9 Å². The van der Waals surface area contributed by atoms with Crippen LogP contribution in [-0.2, 0) is 0 Å². The summed E-state index contributed by atoms with van der Waals surface area (Å²) in [6.45, 7) is 3.68. The Bertz CT molecular complexity index is 1040. The zero-order valence-electron chi connectivity index (χ0n) is 14.8. The van der Waals surface area contributed by atoms with E-state index in [9.17, 15) is 14.9 Å². The molecule has 0 aliphatic carbocycles. The van der Waals surface area contributed by atoms with Crippen LogP contribution >= 0.6 is 11.3 Å². The van der Waals surface area contributed by atoms with Crippen molar-refractivity contribution in [3.8, 4) is 0 Å². The second-order valence-corrected chi connectivity index (χ2v) is 7.56. The average Bonchev–Trinajstić information content (AvgIpc) is 3.30. The molecule has 4 rings (SSSR count). The molecule has 0 atom stereocenters. The Hall–Kier alpha value is -3.00. The summed E-state index contributed by atoms with van der Waals surface area (Å²) in [5.74, 6) is -0.492. The van der Waals surface area contributed by atoms with Crippen LogP contribution in [0.15, 0.2) is 36.4 Å². The fourth-order valence-electron chi connectivity index (χ4n) is 3.32. The summed E-state index contributed by atoms with van der Waals surface area (Å²) in [7, 11) is 0. The highest BCUT2D eigenvalue weighted by atomic mass is 32.1. The quantitative estimate of drug-likeness (QED) is 0.535. The molecule has 2 aromatic carbocycles. The summed E-state index contributed by atoms with van der Waals surface area (Å²) in [6.07, 6.45) is 2.37. The number of nitro benzene ring substituents is 1. The van der Waals surface area contributed by atoms with Crippen LogP contribution in [0.25, 0.3) is 10.2 Å². The second kappa shape index (κ2) is 6.96. The van der Waals surface area contributed by atoms with Gasteiger partial charge in [-0.3, -0.25) is 14.9 Å². The Morgan fingerprint density at radius 2 is 2.04 bits per heavy atom. The SMILES string of the molecule is Cc1cccc(C(=O)Nc2ccc3nc(N4CCCC4)sc3c2)c1[N+](=O)[O-]. The van der Waals surface area contributed by atoms with Crippen molar-refractivity contribution in [1.82, 2.24) is 4.98 Å². The van der Waals surface area contributed by atoms with Gasteiger partial charge >= 0.3 is 0 Å². The highest BCUT2D eigenvalue weighted by Crippen LogP contribution is 2.32. The van der Waals surface area contributed by atoms with Crippen LogP contribution in [0.2, 0.25) is 0 Å². The maximum absolute atomic E-state index is 12.6. The first-order chi connectivity index (χ1) is 13.0. The Morgan fingerprint density at radius 3 is 2.78 bits per heavy atom. The molecule has 2 heterocycles. The maximum Gasteiger partial charge on any atom is 0.285 e. The minimum atomic E-state index is -0.515. The first kappa shape index (κ1) is 17.4. The van der Waals surface area contributed by atoms with Gasteiger partial charge in [0.25, 0.3) is 11.6 Å². The summed E-state index contributed by atoms with van der Waals surface area (Å²) < 4.78 is 0.980. The van der Waals surface area contributed by atoms with E-state index in [4.69, 9.17) is 0 Å². The van der Waals surface area contributed by atoms with E-state index in [1.165, 1.54) is 18.9 Å². The highest BCUT2D eigenvalue weighted by Gasteiger charge is 2.23. The molecule has 1 aliphatic heterocycles. The number of thiazole rings is 1. The van der Waals surface area contributed by atoms with Crippen molar-refractivity contribution in [2.75, 3.05) is 23.3 Å². The first-order valence-electron chi connectivity index (χ1n) is 8.74. The zero-order chi connectivity index (χ0) is 19.0. The van der Waals surface area contributed by atoms with Crippen molar-refractivity contribution < 1.29 is 9.72 Å². The van der Waals surface area contributed by atoms with Gasteiger partial charge in [-0.05, 0) is 44.0 Å². The van der Waals surface area contributed by atoms with Gasteiger partial charge in [0, 0.05) is 24.3 Å². The van der Waals surface area contributed by atoms with Crippen LogP contribution < -0.4 is 10.2 Å². The van der Waals surface area contributed by atoms with Gasteiger partial charge in [0.1, 0.15) is 5.56 Å². The molecule has 1 saturated heterocycles. The lowest BCUT2D eigenvalue weighted by molar-refractivity contribution is -0.385. The van der Waals surface area contributed by atoms with Crippen LogP contribution in [0.1, 0.15) is 28.8 Å². The molecule has 138 valence electrons. The number of benzene rings is 2. The second-order valence-electron chi connectivity index (χ2n) is 6.56. The summed E-state index contributed by atoms with van der Waals surface area (Å²) in [5.41, 5.74) is 1.84. The Kier molecular flexibility index (Phi) is 4.49. The standard InChI is InChI=1S/C19H18N4O3S/c1-12-5-4-6-14(17(12)23(25)26)18(24)20-13-7-8-15-16(11-13)27-19(21-15)22-9-2-3-10-22/h4-8,11H,2-3,9-10H2,1H3,(H,20,24). The summed E-state index contributed by atoms with van der Waals surface area (Å²) >= 11 is 1.60. The molecule has 0 unspecified atom stereocenters. The van der Waals surface area contributed by atoms with Crippen molar-refractivity contribution in [3.63, 3.8) is 0 Å². The number of para-hydroxylation sites is 1. The van der Waals surface area contributed by atoms with Crippen molar-refractivity contribution in [3.05, 3.63) is 57.6 Å². The molecule has 0 saturated carbocycles. The molecule has 7 nitrogen and oxygen atoms in total. The molecule has 1 N–H and O–H groups in total. The van der Waals surface area contributed by atoms with Crippen molar-refractivity contribution in [2.24, 2.45) is 0 Å². The highest BCUT2D eigenvalue weighted by molar-refractivity contribution is 7.22. The maximum atomic E-state index is 12.6. The Balaban J connectivity index is 1.61. The smallest absolute Gasteiger partial charge is 0.285 e. The first-order valence-corrected chi connectivity index (χ1v) is 9.55. The van der Waals surface area contributed by atoms with Crippen molar-refractivity contribution in [2.45, 2.75) is 19.8 Å². The monoisotopic (exact) mass is 382 g/mol.